The summed E-state index contributed by atoms with van der Waals surface area (Å²) in [5.74, 6) is -1.36. The summed E-state index contributed by atoms with van der Waals surface area (Å²) in [4.78, 5) is 13.5. The van der Waals surface area contributed by atoms with Gasteiger partial charge in [0.15, 0.2) is 5.82 Å². The van der Waals surface area contributed by atoms with Crippen molar-refractivity contribution >= 4 is 34.9 Å². The maximum atomic E-state index is 12.9. The Morgan fingerprint density at radius 1 is 1.09 bits per heavy atom. The Hall–Kier alpha value is -2.19. The summed E-state index contributed by atoms with van der Waals surface area (Å²) in [6, 6.07) is 5.46. The minimum atomic E-state index is -4.68. The molecule has 1 fully saturated rings. The molecule has 3 rings (SSSR count). The average Bonchev–Trinajstić information content (AvgIpc) is 2.76. The van der Waals surface area contributed by atoms with Gasteiger partial charge in [0.1, 0.15) is 11.0 Å². The van der Waals surface area contributed by atoms with E-state index in [4.69, 9.17) is 0 Å². The Morgan fingerprint density at radius 3 is 2.27 bits per heavy atom. The van der Waals surface area contributed by atoms with Crippen molar-refractivity contribution in [2.24, 2.45) is 4.99 Å². The molecule has 1 unspecified atom stereocenters. The highest BCUT2D eigenvalue weighted by molar-refractivity contribution is 7.98. The lowest BCUT2D eigenvalue weighted by Gasteiger charge is -2.32. The quantitative estimate of drug-likeness (QED) is 0.250. The maximum Gasteiger partial charge on any atom is 0.451 e. The van der Waals surface area contributed by atoms with Crippen LogP contribution in [0, 0.1) is 0 Å². The van der Waals surface area contributed by atoms with Gasteiger partial charge in [-0.2, -0.15) is 26.3 Å². The van der Waals surface area contributed by atoms with Gasteiger partial charge >= 0.3 is 12.4 Å². The van der Waals surface area contributed by atoms with E-state index in [1.807, 2.05) is 0 Å². The minimum absolute atomic E-state index is 0.0882. The zero-order chi connectivity index (χ0) is 24.2. The molecule has 1 aliphatic heterocycles. The van der Waals surface area contributed by atoms with Gasteiger partial charge in [-0.1, -0.05) is 12.1 Å². The molecule has 0 aliphatic carbocycles. The van der Waals surface area contributed by atoms with E-state index in [-0.39, 0.29) is 11.4 Å². The van der Waals surface area contributed by atoms with Crippen LogP contribution < -0.4 is 0 Å². The van der Waals surface area contributed by atoms with Gasteiger partial charge in [0.05, 0.1) is 22.6 Å². The van der Waals surface area contributed by atoms with Crippen molar-refractivity contribution < 1.29 is 30.6 Å². The smallest absolute Gasteiger partial charge is 0.360 e. The Morgan fingerprint density at radius 2 is 1.73 bits per heavy atom. The van der Waals surface area contributed by atoms with Crippen molar-refractivity contribution in [1.82, 2.24) is 19.2 Å². The number of alkyl halides is 6. The molecule has 1 saturated heterocycles. The van der Waals surface area contributed by atoms with Crippen molar-refractivity contribution in [2.75, 3.05) is 32.4 Å². The van der Waals surface area contributed by atoms with E-state index in [0.717, 1.165) is 6.20 Å². The molecule has 1 atom stereocenters. The molecule has 2 heterocycles. The second-order valence-corrected chi connectivity index (χ2v) is 9.31. The van der Waals surface area contributed by atoms with E-state index in [2.05, 4.69) is 15.0 Å². The van der Waals surface area contributed by atoms with Gasteiger partial charge in [-0.25, -0.2) is 23.5 Å². The third-order valence-corrected chi connectivity index (χ3v) is 6.83. The number of piperazine rings is 1. The second kappa shape index (κ2) is 10.4. The second-order valence-electron chi connectivity index (χ2n) is 6.98. The summed E-state index contributed by atoms with van der Waals surface area (Å²) in [5.41, 5.74) is 0.0901. The summed E-state index contributed by atoms with van der Waals surface area (Å²) < 4.78 is 90.4. The van der Waals surface area contributed by atoms with Gasteiger partial charge in [-0.3, -0.25) is 0 Å². The molecule has 33 heavy (non-hydrogen) atoms. The molecule has 0 radical (unpaired) electrons. The van der Waals surface area contributed by atoms with Crippen molar-refractivity contribution in [3.63, 3.8) is 0 Å². The van der Waals surface area contributed by atoms with Crippen LogP contribution in [0.15, 0.2) is 45.2 Å². The van der Waals surface area contributed by atoms with Crippen molar-refractivity contribution in [1.29, 1.82) is 0 Å². The molecule has 180 valence electrons. The largest absolute Gasteiger partial charge is 0.451 e. The van der Waals surface area contributed by atoms with Crippen LogP contribution in [0.25, 0.3) is 0 Å². The predicted molar refractivity (Wildman–Crippen MR) is 113 cm³/mol. The SMILES string of the molecule is CSc1cnc(C(F)(F)F)nc1N=CN1CCN(S(=O)c2ccc(CC(F)(F)F)cc2)CC1. The lowest BCUT2D eigenvalue weighted by molar-refractivity contribution is -0.145. The van der Waals surface area contributed by atoms with Gasteiger partial charge in [0.2, 0.25) is 5.82 Å². The Labute approximate surface area is 192 Å². The number of hydrogen-bond acceptors (Lipinski definition) is 5. The van der Waals surface area contributed by atoms with Crippen LogP contribution in [0.5, 0.6) is 0 Å². The van der Waals surface area contributed by atoms with Crippen molar-refractivity contribution in [2.45, 2.75) is 28.6 Å². The number of halogens is 6. The number of aliphatic imine (C=N–C) groups is 1. The molecule has 0 spiro atoms. The van der Waals surface area contributed by atoms with Gasteiger partial charge in [0.25, 0.3) is 0 Å². The summed E-state index contributed by atoms with van der Waals surface area (Å²) in [5, 5.41) is 0. The predicted octanol–water partition coefficient (Wildman–Crippen LogP) is 4.32. The fraction of sp³-hybridized carbons (Fsp3) is 0.421. The monoisotopic (exact) mass is 511 g/mol. The summed E-state index contributed by atoms with van der Waals surface area (Å²) >= 11 is 1.17. The van der Waals surface area contributed by atoms with E-state index in [9.17, 15) is 30.6 Å². The highest BCUT2D eigenvalue weighted by Gasteiger charge is 2.35. The minimum Gasteiger partial charge on any atom is -0.360 e. The highest BCUT2D eigenvalue weighted by Crippen LogP contribution is 2.31. The summed E-state index contributed by atoms with van der Waals surface area (Å²) in [6.07, 6.45) is -5.89. The van der Waals surface area contributed by atoms with Crippen LogP contribution >= 0.6 is 11.8 Å². The Bertz CT molecular complexity index is 1010. The Kier molecular flexibility index (Phi) is 8.00. The standard InChI is InChI=1S/C19H19F6N5OS2/c1-32-15-11-26-17(19(23,24)25)28-16(15)27-12-29-6-8-30(9-7-29)33(31)14-4-2-13(3-5-14)10-18(20,21)22/h2-5,11-12H,6-10H2,1H3. The van der Waals surface area contributed by atoms with Crippen LogP contribution in [0.2, 0.25) is 0 Å². The Balaban J connectivity index is 1.60. The number of hydrogen-bond donors (Lipinski definition) is 0. The fourth-order valence-corrected chi connectivity index (χ4v) is 4.56. The van der Waals surface area contributed by atoms with Crippen LogP contribution in [0.1, 0.15) is 11.4 Å². The van der Waals surface area contributed by atoms with E-state index in [0.29, 0.717) is 36.0 Å². The lowest BCUT2D eigenvalue weighted by atomic mass is 10.1. The molecule has 1 aliphatic rings. The molecule has 2 aromatic rings. The van der Waals surface area contributed by atoms with Gasteiger partial charge in [-0.05, 0) is 24.0 Å². The zero-order valence-electron chi connectivity index (χ0n) is 17.2. The number of benzene rings is 1. The summed E-state index contributed by atoms with van der Waals surface area (Å²) in [6.45, 7) is 1.56. The molecule has 1 aromatic carbocycles. The lowest BCUT2D eigenvalue weighted by Crippen LogP contribution is -2.46. The van der Waals surface area contributed by atoms with Gasteiger partial charge < -0.3 is 4.90 Å². The molecule has 14 heteroatoms. The zero-order valence-corrected chi connectivity index (χ0v) is 18.9. The number of thioether (sulfide) groups is 1. The van der Waals surface area contributed by atoms with E-state index < -0.39 is 35.6 Å². The van der Waals surface area contributed by atoms with Gasteiger partial charge in [0, 0.05) is 32.4 Å². The maximum absolute atomic E-state index is 12.9. The van der Waals surface area contributed by atoms with Crippen LogP contribution in [-0.2, 0) is 23.6 Å². The fourth-order valence-electron chi connectivity index (χ4n) is 2.96. The van der Waals surface area contributed by atoms with Crippen LogP contribution in [0.4, 0.5) is 32.2 Å². The van der Waals surface area contributed by atoms with Crippen molar-refractivity contribution in [3.05, 3.63) is 41.9 Å². The van der Waals surface area contributed by atoms with Crippen molar-refractivity contribution in [3.8, 4) is 0 Å². The number of aromatic nitrogens is 2. The van der Waals surface area contributed by atoms with E-state index in [1.165, 1.54) is 42.4 Å². The molecular weight excluding hydrogens is 492 g/mol. The van der Waals surface area contributed by atoms with Crippen LogP contribution in [-0.4, -0.2) is 68.3 Å². The summed E-state index contributed by atoms with van der Waals surface area (Å²) in [7, 11) is -1.54. The molecule has 1 aromatic heterocycles. The normalized spacial score (nSPS) is 17.0. The molecular formula is C19H19F6N5OS2. The first-order chi connectivity index (χ1) is 15.5. The van der Waals surface area contributed by atoms with Crippen LogP contribution in [0.3, 0.4) is 0 Å². The number of rotatable bonds is 6. The highest BCUT2D eigenvalue weighted by atomic mass is 32.2. The topological polar surface area (TPSA) is 61.7 Å². The molecule has 0 amide bonds. The van der Waals surface area contributed by atoms with E-state index >= 15 is 0 Å². The average molecular weight is 512 g/mol. The molecule has 0 bridgehead atoms. The van der Waals surface area contributed by atoms with Gasteiger partial charge in [-0.15, -0.1) is 11.8 Å². The van der Waals surface area contributed by atoms with E-state index in [1.54, 1.807) is 15.5 Å². The first-order valence-electron chi connectivity index (χ1n) is 9.55. The number of nitrogens with zero attached hydrogens (tertiary/aromatic N) is 5. The third kappa shape index (κ3) is 7.14. The third-order valence-electron chi connectivity index (χ3n) is 4.59. The first-order valence-corrected chi connectivity index (χ1v) is 11.9. The molecule has 0 N–H and O–H groups in total. The molecule has 0 saturated carbocycles. The molecule has 6 nitrogen and oxygen atoms in total. The first kappa shape index (κ1) is 25.4.